The fourth-order valence-corrected chi connectivity index (χ4v) is 4.79. The van der Waals surface area contributed by atoms with Crippen molar-refractivity contribution in [1.82, 2.24) is 0 Å². The molecule has 2 aliphatic rings. The highest BCUT2D eigenvalue weighted by atomic mass is 19.1. The molecule has 9 heteroatoms. The van der Waals surface area contributed by atoms with Crippen molar-refractivity contribution in [3.05, 3.63) is 89.3 Å². The summed E-state index contributed by atoms with van der Waals surface area (Å²) >= 11 is 0. The molecule has 0 bridgehead atoms. The lowest BCUT2D eigenvalue weighted by Gasteiger charge is -2.32. The maximum absolute atomic E-state index is 14.5. The quantitative estimate of drug-likeness (QED) is 0.328. The van der Waals surface area contributed by atoms with Gasteiger partial charge in [-0.05, 0) is 76.8 Å². The first kappa shape index (κ1) is 27.0. The second kappa shape index (κ2) is 9.57. The Morgan fingerprint density at radius 1 is 0.974 bits per heavy atom. The van der Waals surface area contributed by atoms with E-state index in [0.717, 1.165) is 11.0 Å². The fraction of sp³-hybridized carbons (Fsp3) is 0.300. The molecule has 1 saturated heterocycles. The topological polar surface area (TPSA) is 43.3 Å². The maximum Gasteiger partial charge on any atom is 0.495 e. The predicted molar refractivity (Wildman–Crippen MR) is 148 cm³/mol. The molecular weight excluding hydrogens is 504 g/mol. The highest BCUT2D eigenvalue weighted by molar-refractivity contribution is 6.62. The first-order chi connectivity index (χ1) is 18.3. The van der Waals surface area contributed by atoms with E-state index in [9.17, 15) is 13.2 Å². The summed E-state index contributed by atoms with van der Waals surface area (Å²) in [4.78, 5) is 5.96. The molecular formula is C30H30BF3N2O3. The molecule has 0 saturated carbocycles. The first-order valence-corrected chi connectivity index (χ1v) is 12.7. The van der Waals surface area contributed by atoms with Crippen molar-refractivity contribution in [3.63, 3.8) is 0 Å². The summed E-state index contributed by atoms with van der Waals surface area (Å²) < 4.78 is 61.3. The molecule has 0 radical (unpaired) electrons. The van der Waals surface area contributed by atoms with Crippen LogP contribution in [0.25, 0.3) is 5.70 Å². The van der Waals surface area contributed by atoms with Crippen LogP contribution in [-0.2, 0) is 9.31 Å². The molecule has 202 valence electrons. The number of rotatable bonds is 5. The van der Waals surface area contributed by atoms with Gasteiger partial charge in [-0.3, -0.25) is 0 Å². The second-order valence-electron chi connectivity index (χ2n) is 10.9. The van der Waals surface area contributed by atoms with Gasteiger partial charge in [0.25, 0.3) is 0 Å². The zero-order valence-corrected chi connectivity index (χ0v) is 22.8. The van der Waals surface area contributed by atoms with Crippen LogP contribution in [0.1, 0.15) is 57.4 Å². The van der Waals surface area contributed by atoms with Crippen LogP contribution in [0.3, 0.4) is 0 Å². The summed E-state index contributed by atoms with van der Waals surface area (Å²) in [5.41, 5.74) is 2.32. The van der Waals surface area contributed by atoms with Gasteiger partial charge in [-0.2, -0.15) is 0 Å². The van der Waals surface area contributed by atoms with E-state index in [-0.39, 0.29) is 5.56 Å². The van der Waals surface area contributed by atoms with Gasteiger partial charge in [0.1, 0.15) is 29.0 Å². The molecule has 0 amide bonds. The van der Waals surface area contributed by atoms with Crippen molar-refractivity contribution in [3.8, 4) is 11.5 Å². The van der Waals surface area contributed by atoms with Crippen LogP contribution in [0.4, 0.5) is 18.9 Å². The number of anilines is 1. The van der Waals surface area contributed by atoms with Crippen molar-refractivity contribution in [2.24, 2.45) is 4.99 Å². The molecule has 2 heterocycles. The van der Waals surface area contributed by atoms with E-state index in [1.54, 1.807) is 30.0 Å². The summed E-state index contributed by atoms with van der Waals surface area (Å²) in [6.07, 6.45) is 1.47. The van der Waals surface area contributed by atoms with Gasteiger partial charge in [0.05, 0.1) is 35.0 Å². The van der Waals surface area contributed by atoms with Gasteiger partial charge < -0.3 is 18.9 Å². The Bertz CT molecular complexity index is 1470. The third-order valence-electron chi connectivity index (χ3n) is 7.83. The summed E-state index contributed by atoms with van der Waals surface area (Å²) in [5, 5.41) is 0. The zero-order chi connectivity index (χ0) is 28.3. The number of hydrogen-bond donors (Lipinski definition) is 0. The number of halogens is 3. The molecule has 0 spiro atoms. The molecule has 5 rings (SSSR count). The Morgan fingerprint density at radius 3 is 2.26 bits per heavy atom. The van der Waals surface area contributed by atoms with Crippen molar-refractivity contribution in [1.29, 1.82) is 0 Å². The fourth-order valence-electron chi connectivity index (χ4n) is 4.79. The third kappa shape index (κ3) is 4.74. The van der Waals surface area contributed by atoms with Gasteiger partial charge in [0, 0.05) is 23.3 Å². The normalized spacial score (nSPS) is 18.3. The molecule has 5 nitrogen and oxygen atoms in total. The first-order valence-electron chi connectivity index (χ1n) is 12.7. The average Bonchev–Trinajstić information content (AvgIpc) is 3.06. The van der Waals surface area contributed by atoms with Gasteiger partial charge in [-0.25, -0.2) is 18.2 Å². The van der Waals surface area contributed by atoms with Gasteiger partial charge in [0.15, 0.2) is 0 Å². The molecule has 3 aromatic rings. The van der Waals surface area contributed by atoms with Crippen molar-refractivity contribution in [2.45, 2.75) is 58.8 Å². The minimum Gasteiger partial charge on any atom is -0.457 e. The van der Waals surface area contributed by atoms with E-state index in [1.807, 2.05) is 52.8 Å². The standard InChI is InChI=1S/C30H30BF3N2O3/c1-17-23(31-38-29(4,5)30(6,7)39-31)9-8-10-27(17)37-21-11-12-26-22(15-21)18(2)35-16-36(26)19(3)28-24(33)13-20(32)14-25(28)34/h8-16,19H,2H2,1,3-7H3. The molecule has 39 heavy (non-hydrogen) atoms. The van der Waals surface area contributed by atoms with E-state index in [1.165, 1.54) is 6.34 Å². The highest BCUT2D eigenvalue weighted by Crippen LogP contribution is 2.40. The molecule has 1 fully saturated rings. The van der Waals surface area contributed by atoms with Crippen molar-refractivity contribution < 1.29 is 27.2 Å². The predicted octanol–water partition coefficient (Wildman–Crippen LogP) is 7.08. The summed E-state index contributed by atoms with van der Waals surface area (Å²) in [5.74, 6) is -1.73. The van der Waals surface area contributed by atoms with Crippen LogP contribution in [0.2, 0.25) is 0 Å². The van der Waals surface area contributed by atoms with E-state index < -0.39 is 41.8 Å². The van der Waals surface area contributed by atoms with Gasteiger partial charge in [-0.1, -0.05) is 18.7 Å². The Balaban J connectivity index is 1.44. The molecule has 1 unspecified atom stereocenters. The lowest BCUT2D eigenvalue weighted by molar-refractivity contribution is 0.00578. The van der Waals surface area contributed by atoms with E-state index >= 15 is 0 Å². The van der Waals surface area contributed by atoms with E-state index in [4.69, 9.17) is 14.0 Å². The lowest BCUT2D eigenvalue weighted by Crippen LogP contribution is -2.41. The van der Waals surface area contributed by atoms with Gasteiger partial charge in [-0.15, -0.1) is 0 Å². The number of aliphatic imine (C=N–C) groups is 1. The number of nitrogens with zero attached hydrogens (tertiary/aromatic N) is 2. The van der Waals surface area contributed by atoms with Crippen molar-refractivity contribution >= 4 is 30.3 Å². The minimum absolute atomic E-state index is 0.253. The Labute approximate surface area is 227 Å². The van der Waals surface area contributed by atoms with Gasteiger partial charge in [0.2, 0.25) is 0 Å². The maximum atomic E-state index is 14.5. The van der Waals surface area contributed by atoms with Crippen LogP contribution in [0.15, 0.2) is 60.1 Å². The number of benzene rings is 3. The van der Waals surface area contributed by atoms with Crippen LogP contribution >= 0.6 is 0 Å². The van der Waals surface area contributed by atoms with Gasteiger partial charge >= 0.3 is 7.12 Å². The summed E-state index contributed by atoms with van der Waals surface area (Å²) in [6, 6.07) is 11.6. The molecule has 1 atom stereocenters. The van der Waals surface area contributed by atoms with Crippen LogP contribution < -0.4 is 15.1 Å². The molecule has 0 aliphatic carbocycles. The Kier molecular flexibility index (Phi) is 6.63. The van der Waals surface area contributed by atoms with Crippen LogP contribution in [-0.4, -0.2) is 24.7 Å². The summed E-state index contributed by atoms with van der Waals surface area (Å²) in [7, 11) is -0.529. The largest absolute Gasteiger partial charge is 0.495 e. The Morgan fingerprint density at radius 2 is 1.62 bits per heavy atom. The third-order valence-corrected chi connectivity index (χ3v) is 7.83. The monoisotopic (exact) mass is 534 g/mol. The minimum atomic E-state index is -0.971. The SMILES string of the molecule is C=C1N=CN(C(C)c2c(F)cc(F)cc2F)c2ccc(Oc3cccc(B4OC(C)(C)C(C)(C)O4)c3C)cc21. The Hall–Kier alpha value is -3.56. The zero-order valence-electron chi connectivity index (χ0n) is 22.8. The van der Waals surface area contributed by atoms with E-state index in [2.05, 4.69) is 11.6 Å². The molecule has 3 aromatic carbocycles. The highest BCUT2D eigenvalue weighted by Gasteiger charge is 2.52. The van der Waals surface area contributed by atoms with Crippen LogP contribution in [0.5, 0.6) is 11.5 Å². The number of ether oxygens (including phenoxy) is 1. The van der Waals surface area contributed by atoms with Crippen LogP contribution in [0, 0.1) is 24.4 Å². The molecule has 0 N–H and O–H groups in total. The molecule has 2 aliphatic heterocycles. The summed E-state index contributed by atoms with van der Waals surface area (Å²) in [6.45, 7) is 15.6. The van der Waals surface area contributed by atoms with Crippen molar-refractivity contribution in [2.75, 3.05) is 4.90 Å². The second-order valence-corrected chi connectivity index (χ2v) is 10.9. The number of hydrogen-bond acceptors (Lipinski definition) is 5. The smallest absolute Gasteiger partial charge is 0.457 e. The van der Waals surface area contributed by atoms with E-state index in [0.29, 0.717) is 40.6 Å². The molecule has 0 aromatic heterocycles. The number of fused-ring (bicyclic) bond motifs is 1. The lowest BCUT2D eigenvalue weighted by atomic mass is 9.76. The average molecular weight is 534 g/mol.